The van der Waals surface area contributed by atoms with Crippen LogP contribution in [0, 0.1) is 16.1 Å². The zero-order valence-corrected chi connectivity index (χ0v) is 42.5. The van der Waals surface area contributed by atoms with Crippen LogP contribution in [0.2, 0.25) is 0 Å². The van der Waals surface area contributed by atoms with Crippen molar-refractivity contribution in [2.45, 2.75) is 4.34 Å². The van der Waals surface area contributed by atoms with Crippen LogP contribution in [0.5, 0.6) is 0 Å². The Morgan fingerprint density at radius 3 is 1.30 bits per heavy atom. The molecule has 0 amide bonds. The van der Waals surface area contributed by atoms with Crippen molar-refractivity contribution in [1.82, 2.24) is 39.9 Å². The van der Waals surface area contributed by atoms with Crippen LogP contribution in [0.1, 0.15) is 0 Å². The van der Waals surface area contributed by atoms with Crippen LogP contribution >= 0.6 is 44.3 Å². The topological polar surface area (TPSA) is 136 Å². The minimum Gasteiger partial charge on any atom is -0.870 e. The molecule has 0 saturated carbocycles. The molecular formula is C44H30ClN8NaOPt2S4. The van der Waals surface area contributed by atoms with Gasteiger partial charge in [-0.05, 0) is 88.5 Å². The van der Waals surface area contributed by atoms with Gasteiger partial charge in [-0.3, -0.25) is 24.9 Å². The zero-order valence-electron chi connectivity index (χ0n) is 31.9. The molecular weight excluding hydrogens is 1230 g/mol. The molecule has 0 atom stereocenters. The first-order valence-electron chi connectivity index (χ1n) is 17.2. The van der Waals surface area contributed by atoms with Crippen LogP contribution in [0.25, 0.3) is 65.5 Å². The van der Waals surface area contributed by atoms with E-state index in [0.29, 0.717) is 0 Å². The Bertz CT molecular complexity index is 2530. The Balaban J connectivity index is 0.000000217. The molecule has 9 nitrogen and oxygen atoms in total. The fourth-order valence-electron chi connectivity index (χ4n) is 5.15. The van der Waals surface area contributed by atoms with Crippen LogP contribution in [-0.4, -0.2) is 45.3 Å². The largest absolute Gasteiger partial charge is 2.00 e. The molecule has 0 aliphatic carbocycles. The maximum absolute atomic E-state index is 4.98. The number of hydrogen-bond acceptors (Lipinski definition) is 12. The van der Waals surface area contributed by atoms with Crippen LogP contribution in [0.15, 0.2) is 175 Å². The first-order chi connectivity index (χ1) is 28.6. The van der Waals surface area contributed by atoms with Gasteiger partial charge in [0, 0.05) is 47.6 Å². The number of halogens is 1. The van der Waals surface area contributed by atoms with E-state index in [4.69, 9.17) is 24.8 Å². The summed E-state index contributed by atoms with van der Waals surface area (Å²) >= 11 is 14.7. The van der Waals surface area contributed by atoms with Crippen LogP contribution in [0.4, 0.5) is 0 Å². The van der Waals surface area contributed by atoms with Gasteiger partial charge in [0.1, 0.15) is 0 Å². The summed E-state index contributed by atoms with van der Waals surface area (Å²) in [7, 11) is 4.61. The van der Waals surface area contributed by atoms with E-state index in [9.17, 15) is 0 Å². The average molecular weight is 1260 g/mol. The molecule has 17 heteroatoms. The molecule has 10 aromatic rings. The molecule has 2 aromatic carbocycles. The van der Waals surface area contributed by atoms with E-state index < -0.39 is 0 Å². The molecule has 0 spiro atoms. The number of nitrogens with zero attached hydrogens (tertiary/aromatic N) is 7. The SMILES string of the molecule is S=c1[nH]c2ccccc2s1.[Cl][Pt+].[Na+].[OH-].[Pt+2].[S-]c1nc2ccccc2s1.[c-]1c(-c2ccccn2)cncc1-c1ccccn1.[c-]1c(-c2ccccn2)cncc1-c1ccccn1. The smallest absolute Gasteiger partial charge is 0.870 e. The summed E-state index contributed by atoms with van der Waals surface area (Å²) < 4.78 is 3.97. The summed E-state index contributed by atoms with van der Waals surface area (Å²) in [5, 5.41) is 0. The third-order valence-electron chi connectivity index (χ3n) is 7.72. The van der Waals surface area contributed by atoms with Crippen molar-refractivity contribution in [3.8, 4) is 45.0 Å². The maximum Gasteiger partial charge on any atom is 2.00 e. The van der Waals surface area contributed by atoms with Crippen molar-refractivity contribution in [1.29, 1.82) is 0 Å². The summed E-state index contributed by atoms with van der Waals surface area (Å²) in [6.45, 7) is 0. The first-order valence-corrected chi connectivity index (χ1v) is 22.5. The summed E-state index contributed by atoms with van der Waals surface area (Å²) in [5.41, 5.74) is 9.10. The van der Waals surface area contributed by atoms with Gasteiger partial charge in [0.15, 0.2) is 3.95 Å². The molecule has 0 aliphatic rings. The standard InChI is InChI=1S/2C15H10N3.2C7H5NS2.ClH.Na.H2O.2Pt/c2*1-3-7-17-14(5-1)12-9-13(11-16-10-12)15-6-2-4-8-18-15;2*9-7-8-5-3-1-2-4-6(5)10-7;;;;;/h2*1-8,10-11H;2*1-4H,(H,8,9);1H;;1H2;;/q2*-1;;;;+1;;2*+2/p-3. The van der Waals surface area contributed by atoms with Gasteiger partial charge in [-0.2, -0.15) is 0 Å². The van der Waals surface area contributed by atoms with Crippen molar-refractivity contribution in [3.05, 3.63) is 187 Å². The Morgan fingerprint density at radius 2 is 0.918 bits per heavy atom. The Labute approximate surface area is 423 Å². The summed E-state index contributed by atoms with van der Waals surface area (Å²) in [4.78, 5) is 32.9. The Morgan fingerprint density at radius 1 is 0.541 bits per heavy atom. The molecule has 61 heavy (non-hydrogen) atoms. The number of H-pyrrole nitrogens is 1. The molecule has 0 saturated heterocycles. The van der Waals surface area contributed by atoms with Gasteiger partial charge in [-0.15, -0.1) is 23.5 Å². The zero-order chi connectivity index (χ0) is 40.4. The second-order valence-corrected chi connectivity index (χ2v) is 14.9. The number of aromatic nitrogens is 8. The number of nitrogens with one attached hydrogen (secondary N) is 1. The number of benzene rings is 2. The van der Waals surface area contributed by atoms with Crippen molar-refractivity contribution < 1.29 is 74.9 Å². The van der Waals surface area contributed by atoms with Gasteiger partial charge < -0.3 is 44.4 Å². The van der Waals surface area contributed by atoms with Crippen molar-refractivity contribution >= 4 is 77.4 Å². The molecule has 304 valence electrons. The van der Waals surface area contributed by atoms with Gasteiger partial charge in [-0.25, -0.2) is 0 Å². The van der Waals surface area contributed by atoms with Crippen LogP contribution in [0.3, 0.4) is 0 Å². The number of hydrogen-bond donors (Lipinski definition) is 1. The fraction of sp³-hybridized carbons (Fsp3) is 0. The quantitative estimate of drug-likeness (QED) is 0.0790. The van der Waals surface area contributed by atoms with Gasteiger partial charge in [-0.1, -0.05) is 101 Å². The van der Waals surface area contributed by atoms with Gasteiger partial charge in [0.05, 0.1) is 15.7 Å². The first kappa shape index (κ1) is 51.5. The average Bonchev–Trinajstić information content (AvgIpc) is 3.89. The van der Waals surface area contributed by atoms with Crippen LogP contribution in [-0.2, 0) is 52.5 Å². The molecule has 0 radical (unpaired) electrons. The molecule has 8 heterocycles. The van der Waals surface area contributed by atoms with E-state index in [0.717, 1.165) is 64.4 Å². The number of thiazole rings is 2. The monoisotopic (exact) mass is 1260 g/mol. The Hall–Kier alpha value is -3.81. The van der Waals surface area contributed by atoms with Gasteiger partial charge in [0.25, 0.3) is 0 Å². The Kier molecular flexibility index (Phi) is 23.6. The second kappa shape index (κ2) is 28.0. The minimum atomic E-state index is 0. The summed E-state index contributed by atoms with van der Waals surface area (Å²) in [6.07, 6.45) is 14.1. The van der Waals surface area contributed by atoms with E-state index in [2.05, 4.69) is 67.5 Å². The molecule has 0 fully saturated rings. The van der Waals surface area contributed by atoms with E-state index in [1.165, 1.54) is 9.40 Å². The molecule has 2 N–H and O–H groups in total. The van der Waals surface area contributed by atoms with E-state index in [1.807, 2.05) is 115 Å². The number of fused-ring (bicyclic) bond motifs is 2. The van der Waals surface area contributed by atoms with Gasteiger partial charge >= 0.3 is 78.8 Å². The third kappa shape index (κ3) is 15.8. The predicted octanol–water partition coefficient (Wildman–Crippen LogP) is 8.68. The third-order valence-corrected chi connectivity index (χ3v) is 10.1. The summed E-state index contributed by atoms with van der Waals surface area (Å²) in [6, 6.07) is 45.8. The number of rotatable bonds is 4. The normalized spacial score (nSPS) is 9.56. The van der Waals surface area contributed by atoms with Crippen molar-refractivity contribution in [2.75, 3.05) is 0 Å². The van der Waals surface area contributed by atoms with E-state index >= 15 is 0 Å². The molecule has 0 bridgehead atoms. The predicted molar refractivity (Wildman–Crippen MR) is 239 cm³/mol. The van der Waals surface area contributed by atoms with Crippen molar-refractivity contribution in [3.63, 3.8) is 0 Å². The minimum absolute atomic E-state index is 0. The molecule has 0 unspecified atom stereocenters. The van der Waals surface area contributed by atoms with E-state index in [-0.39, 0.29) is 56.1 Å². The van der Waals surface area contributed by atoms with Crippen LogP contribution < -0.4 is 29.6 Å². The molecule has 0 aliphatic heterocycles. The number of para-hydroxylation sites is 2. The molecule has 8 aromatic heterocycles. The summed E-state index contributed by atoms with van der Waals surface area (Å²) in [5.74, 6) is 0. The maximum atomic E-state index is 4.98. The molecule has 10 rings (SSSR count). The van der Waals surface area contributed by atoms with E-state index in [1.54, 1.807) is 91.0 Å². The fourth-order valence-corrected chi connectivity index (χ4v) is 7.33. The number of pyridine rings is 6. The number of aromatic amines is 1. The van der Waals surface area contributed by atoms with Crippen molar-refractivity contribution in [2.24, 2.45) is 0 Å². The second-order valence-electron chi connectivity index (χ2n) is 11.5. The van der Waals surface area contributed by atoms with Gasteiger partial charge in [0.2, 0.25) is 0 Å².